The maximum absolute atomic E-state index is 13.2. The third kappa shape index (κ3) is 3.28. The lowest BCUT2D eigenvalue weighted by Gasteiger charge is -2.12. The van der Waals surface area contributed by atoms with Crippen LogP contribution in [0, 0.1) is 11.6 Å². The Morgan fingerprint density at radius 1 is 1.24 bits per heavy atom. The molecule has 110 valence electrons. The second kappa shape index (κ2) is 6.21. The zero-order chi connectivity index (χ0) is 15.4. The quantitative estimate of drug-likeness (QED) is 0.669. The molecule has 3 N–H and O–H groups in total. The Hall–Kier alpha value is -2.63. The normalized spacial score (nSPS) is 10.2. The van der Waals surface area contributed by atoms with Crippen molar-refractivity contribution in [3.05, 3.63) is 53.6 Å². The minimum Gasteiger partial charge on any atom is -0.462 e. The van der Waals surface area contributed by atoms with E-state index in [2.05, 4.69) is 5.32 Å². The third-order valence-electron chi connectivity index (χ3n) is 2.80. The van der Waals surface area contributed by atoms with Crippen molar-refractivity contribution >= 4 is 23.0 Å². The zero-order valence-electron chi connectivity index (χ0n) is 11.3. The fraction of sp³-hybridized carbons (Fsp3) is 0.133. The molecule has 0 saturated heterocycles. The Morgan fingerprint density at radius 2 is 2.00 bits per heavy atom. The largest absolute Gasteiger partial charge is 0.462 e. The van der Waals surface area contributed by atoms with E-state index in [0.29, 0.717) is 11.4 Å². The molecule has 2 rings (SSSR count). The van der Waals surface area contributed by atoms with Gasteiger partial charge in [0.2, 0.25) is 0 Å². The first kappa shape index (κ1) is 14.8. The summed E-state index contributed by atoms with van der Waals surface area (Å²) in [5.74, 6) is -2.45. The molecule has 2 aromatic rings. The van der Waals surface area contributed by atoms with E-state index in [4.69, 9.17) is 10.5 Å². The number of esters is 1. The average Bonchev–Trinajstić information content (AvgIpc) is 2.45. The van der Waals surface area contributed by atoms with E-state index in [0.717, 1.165) is 12.1 Å². The lowest BCUT2D eigenvalue weighted by Crippen LogP contribution is -2.09. The minimum absolute atomic E-state index is 0.181. The Morgan fingerprint density at radius 3 is 2.67 bits per heavy atom. The number of hydrogen-bond acceptors (Lipinski definition) is 4. The van der Waals surface area contributed by atoms with Gasteiger partial charge in [0.05, 0.1) is 23.5 Å². The number of carbonyl (C=O) groups is 1. The van der Waals surface area contributed by atoms with Crippen molar-refractivity contribution in [3.8, 4) is 0 Å². The number of rotatable bonds is 4. The number of carbonyl (C=O) groups excluding carboxylic acids is 1. The molecule has 0 aliphatic rings. The van der Waals surface area contributed by atoms with Gasteiger partial charge in [-0.15, -0.1) is 0 Å². The Kier molecular flexibility index (Phi) is 4.37. The number of ether oxygens (including phenoxy) is 1. The molecule has 2 aromatic carbocycles. The number of anilines is 3. The molecule has 0 heterocycles. The molecular weight excluding hydrogens is 278 g/mol. The zero-order valence-corrected chi connectivity index (χ0v) is 11.3. The van der Waals surface area contributed by atoms with Crippen molar-refractivity contribution < 1.29 is 18.3 Å². The highest BCUT2D eigenvalue weighted by Crippen LogP contribution is 2.27. The molecule has 0 saturated carbocycles. The van der Waals surface area contributed by atoms with Gasteiger partial charge < -0.3 is 15.8 Å². The lowest BCUT2D eigenvalue weighted by molar-refractivity contribution is 0.0527. The summed E-state index contributed by atoms with van der Waals surface area (Å²) in [4.78, 5) is 11.7. The monoisotopic (exact) mass is 292 g/mol. The highest BCUT2D eigenvalue weighted by atomic mass is 19.2. The van der Waals surface area contributed by atoms with Crippen LogP contribution in [0.15, 0.2) is 36.4 Å². The second-order valence-electron chi connectivity index (χ2n) is 4.24. The first-order valence-electron chi connectivity index (χ1n) is 6.30. The summed E-state index contributed by atoms with van der Waals surface area (Å²) in [7, 11) is 0. The van der Waals surface area contributed by atoms with Crippen LogP contribution >= 0.6 is 0 Å². The van der Waals surface area contributed by atoms with Gasteiger partial charge in [-0.25, -0.2) is 13.6 Å². The van der Waals surface area contributed by atoms with Crippen molar-refractivity contribution in [2.75, 3.05) is 17.7 Å². The van der Waals surface area contributed by atoms with E-state index in [1.807, 2.05) is 0 Å². The van der Waals surface area contributed by atoms with Crippen LogP contribution in [0.2, 0.25) is 0 Å². The molecule has 0 spiro atoms. The molecular formula is C15H14F2N2O2. The van der Waals surface area contributed by atoms with Gasteiger partial charge in [0.15, 0.2) is 11.6 Å². The van der Waals surface area contributed by atoms with Gasteiger partial charge in [0.1, 0.15) is 0 Å². The fourth-order valence-corrected chi connectivity index (χ4v) is 1.79. The summed E-state index contributed by atoms with van der Waals surface area (Å²) in [6.45, 7) is 1.93. The molecule has 4 nitrogen and oxygen atoms in total. The fourth-order valence-electron chi connectivity index (χ4n) is 1.79. The molecule has 0 radical (unpaired) electrons. The molecule has 0 aromatic heterocycles. The van der Waals surface area contributed by atoms with Crippen molar-refractivity contribution in [2.45, 2.75) is 6.92 Å². The summed E-state index contributed by atoms with van der Waals surface area (Å²) in [5, 5.41) is 2.84. The van der Waals surface area contributed by atoms with Crippen LogP contribution in [0.1, 0.15) is 17.3 Å². The third-order valence-corrected chi connectivity index (χ3v) is 2.80. The molecule has 21 heavy (non-hydrogen) atoms. The molecule has 0 atom stereocenters. The summed E-state index contributed by atoms with van der Waals surface area (Å²) in [6, 6.07) is 8.15. The number of halogens is 2. The summed E-state index contributed by atoms with van der Waals surface area (Å²) < 4.78 is 30.9. The first-order valence-corrected chi connectivity index (χ1v) is 6.30. The summed E-state index contributed by atoms with van der Waals surface area (Å²) in [6.07, 6.45) is 0. The van der Waals surface area contributed by atoms with E-state index in [9.17, 15) is 13.6 Å². The average molecular weight is 292 g/mol. The molecule has 0 amide bonds. The topological polar surface area (TPSA) is 64.3 Å². The van der Waals surface area contributed by atoms with E-state index in [1.165, 1.54) is 12.1 Å². The van der Waals surface area contributed by atoms with Crippen LogP contribution in [0.5, 0.6) is 0 Å². The SMILES string of the molecule is CCOC(=O)c1cccc(Nc2ccc(F)c(F)c2)c1N. The van der Waals surface area contributed by atoms with Gasteiger partial charge in [-0.1, -0.05) is 6.07 Å². The summed E-state index contributed by atoms with van der Waals surface area (Å²) >= 11 is 0. The van der Waals surface area contributed by atoms with E-state index >= 15 is 0 Å². The first-order chi connectivity index (χ1) is 10.0. The Balaban J connectivity index is 2.30. The maximum Gasteiger partial charge on any atom is 0.340 e. The number of nitrogens with one attached hydrogen (secondary N) is 1. The number of benzene rings is 2. The van der Waals surface area contributed by atoms with Crippen LogP contribution in [-0.4, -0.2) is 12.6 Å². The van der Waals surface area contributed by atoms with Crippen molar-refractivity contribution in [1.82, 2.24) is 0 Å². The van der Waals surface area contributed by atoms with Gasteiger partial charge in [0.25, 0.3) is 0 Å². The molecule has 0 aliphatic heterocycles. The van der Waals surface area contributed by atoms with Crippen LogP contribution in [0.4, 0.5) is 25.8 Å². The van der Waals surface area contributed by atoms with Gasteiger partial charge >= 0.3 is 5.97 Å². The van der Waals surface area contributed by atoms with Gasteiger partial charge in [-0.2, -0.15) is 0 Å². The highest BCUT2D eigenvalue weighted by molar-refractivity contribution is 5.98. The van der Waals surface area contributed by atoms with Crippen LogP contribution in [-0.2, 0) is 4.74 Å². The molecule has 0 fully saturated rings. The number of nitrogens with two attached hydrogens (primary N) is 1. The van der Waals surface area contributed by atoms with Crippen molar-refractivity contribution in [2.24, 2.45) is 0 Å². The van der Waals surface area contributed by atoms with Crippen LogP contribution in [0.25, 0.3) is 0 Å². The predicted molar refractivity (Wildman–Crippen MR) is 76.5 cm³/mol. The number of hydrogen-bond donors (Lipinski definition) is 2. The van der Waals surface area contributed by atoms with E-state index in [1.54, 1.807) is 19.1 Å². The minimum atomic E-state index is -0.972. The van der Waals surface area contributed by atoms with Gasteiger partial charge in [0, 0.05) is 11.8 Å². The smallest absolute Gasteiger partial charge is 0.340 e. The molecule has 0 bridgehead atoms. The summed E-state index contributed by atoms with van der Waals surface area (Å²) in [5.41, 5.74) is 7.02. The predicted octanol–water partition coefficient (Wildman–Crippen LogP) is 3.47. The second-order valence-corrected chi connectivity index (χ2v) is 4.24. The molecule has 6 heteroatoms. The lowest BCUT2D eigenvalue weighted by atomic mass is 10.1. The maximum atomic E-state index is 13.2. The molecule has 0 unspecified atom stereocenters. The van der Waals surface area contributed by atoms with E-state index < -0.39 is 17.6 Å². The highest BCUT2D eigenvalue weighted by Gasteiger charge is 2.13. The molecule has 0 aliphatic carbocycles. The Labute approximate surface area is 120 Å². The van der Waals surface area contributed by atoms with Crippen molar-refractivity contribution in [1.29, 1.82) is 0 Å². The number of para-hydroxylation sites is 1. The van der Waals surface area contributed by atoms with Crippen molar-refractivity contribution in [3.63, 3.8) is 0 Å². The van der Waals surface area contributed by atoms with E-state index in [-0.39, 0.29) is 17.9 Å². The number of nitrogen functional groups attached to an aromatic ring is 1. The van der Waals surface area contributed by atoms with Gasteiger partial charge in [-0.05, 0) is 31.2 Å². The van der Waals surface area contributed by atoms with Crippen LogP contribution < -0.4 is 11.1 Å². The van der Waals surface area contributed by atoms with Crippen LogP contribution in [0.3, 0.4) is 0 Å². The Bertz CT molecular complexity index is 675. The van der Waals surface area contributed by atoms with Gasteiger partial charge in [-0.3, -0.25) is 0 Å². The standard InChI is InChI=1S/C15H14F2N2O2/c1-2-21-15(20)10-4-3-5-13(14(10)18)19-9-6-7-11(16)12(17)8-9/h3-8,19H,2,18H2,1H3.